The third-order valence-electron chi connectivity index (χ3n) is 0.851. The van der Waals surface area contributed by atoms with Gasteiger partial charge in [-0.2, -0.15) is 0 Å². The van der Waals surface area contributed by atoms with Gasteiger partial charge in [0.15, 0.2) is 0 Å². The van der Waals surface area contributed by atoms with Crippen molar-refractivity contribution in [2.45, 2.75) is 0 Å². The molecule has 1 rings (SSSR count). The van der Waals surface area contributed by atoms with Crippen LogP contribution in [0.15, 0.2) is 29.2 Å². The van der Waals surface area contributed by atoms with E-state index >= 15 is 0 Å². The minimum absolute atomic E-state index is 0.187. The number of rotatable bonds is 0. The molecule has 0 atom stereocenters. The summed E-state index contributed by atoms with van der Waals surface area (Å²) in [6.45, 7) is 0. The second-order valence-electron chi connectivity index (χ2n) is 1.45. The van der Waals surface area contributed by atoms with Crippen molar-refractivity contribution in [2.24, 2.45) is 0 Å². The summed E-state index contributed by atoms with van der Waals surface area (Å²) in [5.41, 5.74) is -0.187. The predicted molar refractivity (Wildman–Crippen MR) is 30.9 cm³/mol. The highest BCUT2D eigenvalue weighted by Crippen LogP contribution is 1.70. The summed E-state index contributed by atoms with van der Waals surface area (Å²) < 4.78 is 1.03. The lowest BCUT2D eigenvalue weighted by molar-refractivity contribution is 0.937. The summed E-state index contributed by atoms with van der Waals surface area (Å²) in [7, 11) is 0. The van der Waals surface area contributed by atoms with Crippen molar-refractivity contribution in [1.82, 2.24) is 4.68 Å². The first-order valence-electron chi connectivity index (χ1n) is 2.23. The van der Waals surface area contributed by atoms with Crippen LogP contribution in [0.25, 0.3) is 0 Å². The summed E-state index contributed by atoms with van der Waals surface area (Å²) in [6, 6.07) is 4.74. The highest BCUT2D eigenvalue weighted by atomic mass is 16.1. The summed E-state index contributed by atoms with van der Waals surface area (Å²) >= 11 is 0. The fourth-order valence-corrected chi connectivity index (χ4v) is 0.440. The van der Waals surface area contributed by atoms with E-state index in [1.807, 2.05) is 0 Å². The van der Waals surface area contributed by atoms with Crippen LogP contribution in [0.1, 0.15) is 0 Å². The number of pyridine rings is 1. The molecule has 0 amide bonds. The van der Waals surface area contributed by atoms with Gasteiger partial charge in [0.05, 0.1) is 0 Å². The third-order valence-corrected chi connectivity index (χ3v) is 0.851. The lowest BCUT2D eigenvalue weighted by Crippen LogP contribution is -2.24. The molecule has 0 saturated carbocycles. The normalized spacial score (nSPS) is 9.00. The van der Waals surface area contributed by atoms with Crippen LogP contribution in [-0.4, -0.2) is 4.68 Å². The molecule has 0 aliphatic carbocycles. The minimum Gasteiger partial charge on any atom is -0.336 e. The predicted octanol–water partition coefficient (Wildman–Crippen LogP) is -0.438. The van der Waals surface area contributed by atoms with E-state index in [0.717, 1.165) is 4.68 Å². The van der Waals surface area contributed by atoms with Gasteiger partial charge < -0.3 is 5.84 Å². The summed E-state index contributed by atoms with van der Waals surface area (Å²) in [5.74, 6) is 5.12. The minimum atomic E-state index is -0.187. The second-order valence-corrected chi connectivity index (χ2v) is 1.45. The number of hydrogen-bond acceptors (Lipinski definition) is 2. The fraction of sp³-hybridized carbons (Fsp3) is 0. The fourth-order valence-electron chi connectivity index (χ4n) is 0.440. The molecule has 42 valence electrons. The van der Waals surface area contributed by atoms with E-state index in [-0.39, 0.29) is 5.56 Å². The molecule has 0 radical (unpaired) electrons. The van der Waals surface area contributed by atoms with Crippen molar-refractivity contribution in [3.8, 4) is 0 Å². The van der Waals surface area contributed by atoms with E-state index < -0.39 is 0 Å². The standard InChI is InChI=1S/C5H6N2O/c6-7-4-2-1-3-5(7)8/h1-4H,6H2. The zero-order chi connectivity index (χ0) is 5.98. The molecule has 0 bridgehead atoms. The molecule has 3 heteroatoms. The van der Waals surface area contributed by atoms with Gasteiger partial charge in [-0.25, -0.2) is 4.68 Å². The summed E-state index contributed by atoms with van der Waals surface area (Å²) in [6.07, 6.45) is 1.50. The number of aromatic nitrogens is 1. The van der Waals surface area contributed by atoms with E-state index in [1.54, 1.807) is 12.1 Å². The van der Waals surface area contributed by atoms with Crippen molar-refractivity contribution in [1.29, 1.82) is 0 Å². The number of nitrogen functional groups attached to an aromatic ring is 1. The van der Waals surface area contributed by atoms with Crippen LogP contribution in [0.4, 0.5) is 0 Å². The Morgan fingerprint density at radius 1 is 1.50 bits per heavy atom. The molecule has 0 spiro atoms. The maximum atomic E-state index is 10.5. The van der Waals surface area contributed by atoms with Gasteiger partial charge >= 0.3 is 0 Å². The molecule has 0 aliphatic rings. The molecule has 1 aromatic heterocycles. The molecular formula is C5H6N2O. The highest BCUT2D eigenvalue weighted by molar-refractivity contribution is 4.92. The van der Waals surface area contributed by atoms with E-state index in [4.69, 9.17) is 5.84 Å². The maximum absolute atomic E-state index is 10.5. The van der Waals surface area contributed by atoms with Crippen LogP contribution in [0.3, 0.4) is 0 Å². The highest BCUT2D eigenvalue weighted by Gasteiger charge is 1.80. The van der Waals surface area contributed by atoms with Crippen LogP contribution in [0.2, 0.25) is 0 Å². The van der Waals surface area contributed by atoms with E-state index in [1.165, 1.54) is 12.3 Å². The number of hydrogen-bond donors (Lipinski definition) is 1. The van der Waals surface area contributed by atoms with Crippen molar-refractivity contribution in [2.75, 3.05) is 5.84 Å². The third kappa shape index (κ3) is 0.703. The van der Waals surface area contributed by atoms with Crippen molar-refractivity contribution >= 4 is 0 Å². The van der Waals surface area contributed by atoms with Crippen molar-refractivity contribution < 1.29 is 0 Å². The molecule has 1 heterocycles. The quantitative estimate of drug-likeness (QED) is 0.460. The van der Waals surface area contributed by atoms with Gasteiger partial charge in [0.1, 0.15) is 0 Å². The number of nitrogens with zero attached hydrogens (tertiary/aromatic N) is 1. The van der Waals surface area contributed by atoms with Gasteiger partial charge in [0.2, 0.25) is 0 Å². The summed E-state index contributed by atoms with van der Waals surface area (Å²) in [5, 5.41) is 0. The molecule has 0 aliphatic heterocycles. The molecule has 3 nitrogen and oxygen atoms in total. The topological polar surface area (TPSA) is 48.0 Å². The molecule has 0 saturated heterocycles. The SMILES string of the molecule is Nn1ccccc1=O. The van der Waals surface area contributed by atoms with Crippen molar-refractivity contribution in [3.63, 3.8) is 0 Å². The molecule has 8 heavy (non-hydrogen) atoms. The Hall–Kier alpha value is -1.25. The Balaban J connectivity index is 3.35. The average Bonchev–Trinajstić information content (AvgIpc) is 1.77. The van der Waals surface area contributed by atoms with Crippen LogP contribution >= 0.6 is 0 Å². The molecule has 1 aromatic rings. The Morgan fingerprint density at radius 2 is 2.25 bits per heavy atom. The van der Waals surface area contributed by atoms with Crippen LogP contribution in [-0.2, 0) is 0 Å². The molecule has 0 aromatic carbocycles. The Labute approximate surface area is 46.3 Å². The maximum Gasteiger partial charge on any atom is 0.268 e. The van der Waals surface area contributed by atoms with Gasteiger partial charge in [-0.1, -0.05) is 6.07 Å². The first-order chi connectivity index (χ1) is 3.80. The molecule has 2 N–H and O–H groups in total. The lowest BCUT2D eigenvalue weighted by atomic mass is 10.5. The first kappa shape index (κ1) is 4.90. The molecule has 0 fully saturated rings. The zero-order valence-electron chi connectivity index (χ0n) is 4.24. The van der Waals surface area contributed by atoms with E-state index in [9.17, 15) is 4.79 Å². The van der Waals surface area contributed by atoms with Gasteiger partial charge in [0.25, 0.3) is 5.56 Å². The second kappa shape index (κ2) is 1.69. The largest absolute Gasteiger partial charge is 0.336 e. The van der Waals surface area contributed by atoms with Gasteiger partial charge in [-0.15, -0.1) is 0 Å². The Kier molecular flexibility index (Phi) is 1.04. The average molecular weight is 110 g/mol. The van der Waals surface area contributed by atoms with Crippen LogP contribution in [0.5, 0.6) is 0 Å². The lowest BCUT2D eigenvalue weighted by Gasteiger charge is -1.89. The number of nitrogens with two attached hydrogens (primary N) is 1. The Bertz CT molecular complexity index is 228. The van der Waals surface area contributed by atoms with Gasteiger partial charge in [-0.3, -0.25) is 4.79 Å². The van der Waals surface area contributed by atoms with E-state index in [0.29, 0.717) is 0 Å². The molecule has 0 unspecified atom stereocenters. The molecular weight excluding hydrogens is 104 g/mol. The van der Waals surface area contributed by atoms with Gasteiger partial charge in [0, 0.05) is 12.3 Å². The van der Waals surface area contributed by atoms with E-state index in [2.05, 4.69) is 0 Å². The first-order valence-corrected chi connectivity index (χ1v) is 2.23. The van der Waals surface area contributed by atoms with Crippen LogP contribution < -0.4 is 11.4 Å². The smallest absolute Gasteiger partial charge is 0.268 e. The Morgan fingerprint density at radius 3 is 2.62 bits per heavy atom. The zero-order valence-corrected chi connectivity index (χ0v) is 4.24. The summed E-state index contributed by atoms with van der Waals surface area (Å²) in [4.78, 5) is 10.5. The van der Waals surface area contributed by atoms with Crippen molar-refractivity contribution in [3.05, 3.63) is 34.7 Å². The van der Waals surface area contributed by atoms with Crippen LogP contribution in [0, 0.1) is 0 Å². The van der Waals surface area contributed by atoms with Gasteiger partial charge in [-0.05, 0) is 6.07 Å². The monoisotopic (exact) mass is 110 g/mol.